The molecule has 5 rings (SSSR count). The Morgan fingerprint density at radius 2 is 2.08 bits per heavy atom. The largest absolute Gasteiger partial charge is 0.387 e. The van der Waals surface area contributed by atoms with Gasteiger partial charge in [0.2, 0.25) is 0 Å². The van der Waals surface area contributed by atoms with Crippen LogP contribution in [0.25, 0.3) is 22.4 Å². The molecule has 38 heavy (non-hydrogen) atoms. The van der Waals surface area contributed by atoms with Crippen LogP contribution in [0.4, 0.5) is 5.69 Å². The number of anilines is 1. The first kappa shape index (κ1) is 26.2. The number of aromatic amines is 2. The molecule has 1 saturated heterocycles. The minimum atomic E-state index is -0.794. The first-order valence-electron chi connectivity index (χ1n) is 13.0. The molecule has 4 aromatic rings. The van der Waals surface area contributed by atoms with Gasteiger partial charge in [-0.2, -0.15) is 0 Å². The summed E-state index contributed by atoms with van der Waals surface area (Å²) in [7, 11) is 0. The third-order valence-electron chi connectivity index (χ3n) is 7.37. The van der Waals surface area contributed by atoms with Crippen molar-refractivity contribution >= 4 is 34.5 Å². The van der Waals surface area contributed by atoms with Crippen molar-refractivity contribution in [3.05, 3.63) is 80.7 Å². The summed E-state index contributed by atoms with van der Waals surface area (Å²) in [5.74, 6) is 0.967. The van der Waals surface area contributed by atoms with Gasteiger partial charge in [-0.3, -0.25) is 4.79 Å². The molecule has 1 atom stereocenters. The van der Waals surface area contributed by atoms with Crippen molar-refractivity contribution in [3.8, 4) is 11.4 Å². The maximum Gasteiger partial charge on any atom is 0.261 e. The van der Waals surface area contributed by atoms with E-state index >= 15 is 0 Å². The highest BCUT2D eigenvalue weighted by Crippen LogP contribution is 2.33. The highest BCUT2D eigenvalue weighted by molar-refractivity contribution is 6.30. The first-order valence-corrected chi connectivity index (χ1v) is 13.4. The van der Waals surface area contributed by atoms with Crippen molar-refractivity contribution in [1.29, 1.82) is 5.41 Å². The van der Waals surface area contributed by atoms with Crippen molar-refractivity contribution in [3.63, 3.8) is 0 Å². The van der Waals surface area contributed by atoms with E-state index in [0.717, 1.165) is 55.5 Å². The van der Waals surface area contributed by atoms with E-state index in [2.05, 4.69) is 39.2 Å². The predicted octanol–water partition coefficient (Wildman–Crippen LogP) is 5.24. The predicted molar refractivity (Wildman–Crippen MR) is 154 cm³/mol. The minimum absolute atomic E-state index is 0.207. The Kier molecular flexibility index (Phi) is 7.93. The number of H-pyrrole nitrogens is 2. The molecule has 0 aliphatic carbocycles. The topological polar surface area (TPSA) is 121 Å². The lowest BCUT2D eigenvalue weighted by Crippen LogP contribution is -2.33. The zero-order valence-electron chi connectivity index (χ0n) is 21.4. The average molecular weight is 533 g/mol. The molecule has 0 amide bonds. The number of aryl methyl sites for hydroxylation is 1. The fourth-order valence-electron chi connectivity index (χ4n) is 5.31. The summed E-state index contributed by atoms with van der Waals surface area (Å²) >= 11 is 6.07. The molecule has 5 N–H and O–H groups in total. The smallest absolute Gasteiger partial charge is 0.261 e. The number of nitrogens with one attached hydrogen (secondary N) is 4. The number of rotatable bonds is 9. The molecule has 0 saturated carbocycles. The quantitative estimate of drug-likeness (QED) is 0.189. The van der Waals surface area contributed by atoms with E-state index in [-0.39, 0.29) is 12.1 Å². The number of hydrogen-bond donors (Lipinski definition) is 5. The SMILES string of the molecule is Cc1cc(C2CCN(CCC=N)CC2)cc2[nH]c(-c3c(NC[C@@H](O)c4cccc(Cl)c4)cc[nH]c3=O)nc12. The second-order valence-electron chi connectivity index (χ2n) is 9.98. The maximum atomic E-state index is 12.9. The van der Waals surface area contributed by atoms with E-state index in [1.165, 1.54) is 11.8 Å². The van der Waals surface area contributed by atoms with Gasteiger partial charge in [-0.25, -0.2) is 4.98 Å². The van der Waals surface area contributed by atoms with E-state index < -0.39 is 6.10 Å². The van der Waals surface area contributed by atoms with E-state index in [4.69, 9.17) is 22.0 Å². The molecule has 1 aliphatic rings. The molecular weight excluding hydrogens is 500 g/mol. The maximum absolute atomic E-state index is 12.9. The Balaban J connectivity index is 1.38. The van der Waals surface area contributed by atoms with Crippen LogP contribution in [0, 0.1) is 12.3 Å². The van der Waals surface area contributed by atoms with Gasteiger partial charge in [0.15, 0.2) is 0 Å². The van der Waals surface area contributed by atoms with Gasteiger partial charge in [0.05, 0.1) is 22.8 Å². The van der Waals surface area contributed by atoms with Crippen LogP contribution in [-0.2, 0) is 0 Å². The number of aliphatic hydroxyl groups excluding tert-OH is 1. The lowest BCUT2D eigenvalue weighted by Gasteiger charge is -2.32. The molecule has 2 aromatic carbocycles. The molecule has 0 unspecified atom stereocenters. The molecule has 9 heteroatoms. The molecule has 0 radical (unpaired) electrons. The zero-order valence-corrected chi connectivity index (χ0v) is 22.2. The van der Waals surface area contributed by atoms with Gasteiger partial charge in [0.25, 0.3) is 5.56 Å². The summed E-state index contributed by atoms with van der Waals surface area (Å²) in [5, 5.41) is 21.7. The van der Waals surface area contributed by atoms with Gasteiger partial charge >= 0.3 is 0 Å². The summed E-state index contributed by atoms with van der Waals surface area (Å²) in [4.78, 5) is 26.3. The van der Waals surface area contributed by atoms with Gasteiger partial charge < -0.3 is 30.7 Å². The van der Waals surface area contributed by atoms with Crippen LogP contribution in [0.1, 0.15) is 48.0 Å². The Morgan fingerprint density at radius 1 is 1.26 bits per heavy atom. The third kappa shape index (κ3) is 5.67. The molecule has 1 fully saturated rings. The van der Waals surface area contributed by atoms with Crippen LogP contribution in [0.5, 0.6) is 0 Å². The molecule has 8 nitrogen and oxygen atoms in total. The Morgan fingerprint density at radius 3 is 2.84 bits per heavy atom. The standard InChI is InChI=1S/C29H33ClN6O2/c1-18-14-21(19-7-12-36(13-8-19)11-3-9-31)16-24-27(18)35-28(34-24)26-23(6-10-32-29(26)38)33-17-25(37)20-4-2-5-22(30)15-20/h2,4-6,9-10,14-16,19,25,31,37H,3,7-8,11-13,17H2,1H3,(H,34,35)(H2,32,33,38)/t25-/m1/s1. The molecular formula is C29H33ClN6O2. The highest BCUT2D eigenvalue weighted by atomic mass is 35.5. The number of piperidine rings is 1. The van der Waals surface area contributed by atoms with Crippen LogP contribution in [0.15, 0.2) is 53.5 Å². The summed E-state index contributed by atoms with van der Waals surface area (Å²) < 4.78 is 0. The number of imidazole rings is 1. The molecule has 1 aliphatic heterocycles. The van der Waals surface area contributed by atoms with E-state index in [1.54, 1.807) is 30.5 Å². The Bertz CT molecular complexity index is 1490. The zero-order chi connectivity index (χ0) is 26.6. The van der Waals surface area contributed by atoms with Crippen molar-refractivity contribution in [2.45, 2.75) is 38.2 Å². The first-order chi connectivity index (χ1) is 18.4. The molecule has 3 heterocycles. The molecule has 2 aromatic heterocycles. The minimum Gasteiger partial charge on any atom is -0.387 e. The van der Waals surface area contributed by atoms with Crippen LogP contribution in [0.2, 0.25) is 5.02 Å². The molecule has 0 bridgehead atoms. The van der Waals surface area contributed by atoms with Crippen LogP contribution < -0.4 is 10.9 Å². The number of halogens is 1. The van der Waals surface area contributed by atoms with Gasteiger partial charge in [0.1, 0.15) is 11.4 Å². The fourth-order valence-corrected chi connectivity index (χ4v) is 5.51. The highest BCUT2D eigenvalue weighted by Gasteiger charge is 2.22. The normalized spacial score (nSPS) is 15.6. The Hall–Kier alpha value is -3.46. The number of aromatic nitrogens is 3. The number of nitrogens with zero attached hydrogens (tertiary/aromatic N) is 2. The molecule has 0 spiro atoms. The van der Waals surface area contributed by atoms with E-state index in [0.29, 0.717) is 33.6 Å². The monoisotopic (exact) mass is 532 g/mol. The number of likely N-dealkylation sites (tertiary alicyclic amines) is 1. The van der Waals surface area contributed by atoms with Gasteiger partial charge in [-0.05, 0) is 92.4 Å². The molecule has 198 valence electrons. The van der Waals surface area contributed by atoms with Crippen molar-refractivity contribution < 1.29 is 5.11 Å². The van der Waals surface area contributed by atoms with Crippen LogP contribution in [-0.4, -0.2) is 57.4 Å². The van der Waals surface area contributed by atoms with Crippen molar-refractivity contribution in [1.82, 2.24) is 19.9 Å². The number of hydrogen-bond acceptors (Lipinski definition) is 6. The number of aliphatic hydroxyl groups is 1. The van der Waals surface area contributed by atoms with E-state index in [9.17, 15) is 9.90 Å². The Labute approximate surface area is 226 Å². The van der Waals surface area contributed by atoms with Gasteiger partial charge in [-0.15, -0.1) is 0 Å². The van der Waals surface area contributed by atoms with Crippen LogP contribution >= 0.6 is 11.6 Å². The van der Waals surface area contributed by atoms with Gasteiger partial charge in [-0.1, -0.05) is 29.8 Å². The van der Waals surface area contributed by atoms with Crippen LogP contribution in [0.3, 0.4) is 0 Å². The lowest BCUT2D eigenvalue weighted by molar-refractivity contribution is 0.191. The van der Waals surface area contributed by atoms with Crippen molar-refractivity contribution in [2.24, 2.45) is 0 Å². The third-order valence-corrected chi connectivity index (χ3v) is 7.60. The second kappa shape index (κ2) is 11.5. The fraction of sp³-hybridized carbons (Fsp3) is 0.345. The summed E-state index contributed by atoms with van der Waals surface area (Å²) in [6.07, 6.45) is 5.26. The second-order valence-corrected chi connectivity index (χ2v) is 10.4. The van der Waals surface area contributed by atoms with E-state index in [1.807, 2.05) is 6.07 Å². The summed E-state index contributed by atoms with van der Waals surface area (Å²) in [6, 6.07) is 13.3. The number of fused-ring (bicyclic) bond motifs is 1. The summed E-state index contributed by atoms with van der Waals surface area (Å²) in [5.41, 5.74) is 5.55. The summed E-state index contributed by atoms with van der Waals surface area (Å²) in [6.45, 7) is 5.30. The van der Waals surface area contributed by atoms with Crippen molar-refractivity contribution in [2.75, 3.05) is 31.5 Å². The van der Waals surface area contributed by atoms with Gasteiger partial charge in [0, 0.05) is 24.3 Å². The lowest BCUT2D eigenvalue weighted by atomic mass is 9.88. The number of benzene rings is 2. The number of pyridine rings is 1. The average Bonchev–Trinajstić information content (AvgIpc) is 3.35.